The molecule has 0 saturated carbocycles. The van der Waals surface area contributed by atoms with E-state index in [1.54, 1.807) is 0 Å². The molecule has 0 aromatic carbocycles. The SMILES string of the molecule is CC(C)(C)c1cc(=O)n2[nH]cc(C#N)c2n1. The minimum absolute atomic E-state index is 0.198. The first-order valence-electron chi connectivity index (χ1n) is 4.95. The van der Waals surface area contributed by atoms with Crippen LogP contribution >= 0.6 is 0 Å². The second-order valence-electron chi connectivity index (χ2n) is 4.69. The van der Waals surface area contributed by atoms with Crippen molar-refractivity contribution in [2.45, 2.75) is 26.2 Å². The van der Waals surface area contributed by atoms with Crippen LogP contribution in [-0.2, 0) is 5.41 Å². The molecular formula is C11H12N4O. The Balaban J connectivity index is 2.85. The summed E-state index contributed by atoms with van der Waals surface area (Å²) >= 11 is 0. The van der Waals surface area contributed by atoms with Gasteiger partial charge in [-0.3, -0.25) is 9.89 Å². The Kier molecular flexibility index (Phi) is 2.09. The van der Waals surface area contributed by atoms with E-state index in [2.05, 4.69) is 10.1 Å². The van der Waals surface area contributed by atoms with E-state index >= 15 is 0 Å². The van der Waals surface area contributed by atoms with E-state index in [1.165, 1.54) is 16.8 Å². The van der Waals surface area contributed by atoms with Crippen LogP contribution in [0.15, 0.2) is 17.1 Å². The quantitative estimate of drug-likeness (QED) is 0.718. The molecule has 0 fully saturated rings. The fourth-order valence-electron chi connectivity index (χ4n) is 1.45. The van der Waals surface area contributed by atoms with Crippen molar-refractivity contribution in [1.29, 1.82) is 5.26 Å². The van der Waals surface area contributed by atoms with Crippen LogP contribution in [0, 0.1) is 11.3 Å². The molecule has 2 aromatic rings. The lowest BCUT2D eigenvalue weighted by molar-refractivity contribution is 0.566. The van der Waals surface area contributed by atoms with Crippen molar-refractivity contribution in [1.82, 2.24) is 14.6 Å². The first-order valence-corrected chi connectivity index (χ1v) is 4.95. The number of H-pyrrole nitrogens is 1. The fraction of sp³-hybridized carbons (Fsp3) is 0.364. The van der Waals surface area contributed by atoms with Gasteiger partial charge < -0.3 is 0 Å². The van der Waals surface area contributed by atoms with Gasteiger partial charge >= 0.3 is 0 Å². The fourth-order valence-corrected chi connectivity index (χ4v) is 1.45. The molecule has 0 radical (unpaired) electrons. The van der Waals surface area contributed by atoms with Crippen molar-refractivity contribution in [3.05, 3.63) is 33.9 Å². The minimum Gasteiger partial charge on any atom is -0.295 e. The van der Waals surface area contributed by atoms with E-state index < -0.39 is 0 Å². The van der Waals surface area contributed by atoms with Gasteiger partial charge in [-0.25, -0.2) is 9.50 Å². The highest BCUT2D eigenvalue weighted by Crippen LogP contribution is 2.19. The Morgan fingerprint density at radius 1 is 1.50 bits per heavy atom. The third-order valence-corrected chi connectivity index (χ3v) is 2.39. The predicted molar refractivity (Wildman–Crippen MR) is 59.2 cm³/mol. The van der Waals surface area contributed by atoms with Crippen LogP contribution in [0.25, 0.3) is 5.65 Å². The van der Waals surface area contributed by atoms with Crippen LogP contribution in [0.4, 0.5) is 0 Å². The molecular weight excluding hydrogens is 204 g/mol. The maximum Gasteiger partial charge on any atom is 0.272 e. The van der Waals surface area contributed by atoms with Gasteiger partial charge in [0.05, 0.1) is 5.69 Å². The molecule has 0 atom stereocenters. The summed E-state index contributed by atoms with van der Waals surface area (Å²) in [5.41, 5.74) is 1.05. The molecule has 2 heterocycles. The summed E-state index contributed by atoms with van der Waals surface area (Å²) in [4.78, 5) is 16.1. The Morgan fingerprint density at radius 2 is 2.19 bits per heavy atom. The molecule has 0 unspecified atom stereocenters. The monoisotopic (exact) mass is 216 g/mol. The summed E-state index contributed by atoms with van der Waals surface area (Å²) in [5.74, 6) is 0. The number of hydrogen-bond donors (Lipinski definition) is 1. The zero-order valence-electron chi connectivity index (χ0n) is 9.40. The van der Waals surface area contributed by atoms with Gasteiger partial charge in [-0.1, -0.05) is 20.8 Å². The Hall–Kier alpha value is -2.09. The summed E-state index contributed by atoms with van der Waals surface area (Å²) in [6.07, 6.45) is 1.48. The van der Waals surface area contributed by atoms with Crippen LogP contribution in [0.2, 0.25) is 0 Å². The number of aromatic amines is 1. The highest BCUT2D eigenvalue weighted by atomic mass is 16.1. The van der Waals surface area contributed by atoms with Crippen molar-refractivity contribution >= 4 is 5.65 Å². The molecule has 5 heteroatoms. The van der Waals surface area contributed by atoms with Crippen molar-refractivity contribution in [2.75, 3.05) is 0 Å². The highest BCUT2D eigenvalue weighted by molar-refractivity contribution is 5.54. The average Bonchev–Trinajstić information content (AvgIpc) is 2.59. The predicted octanol–water partition coefficient (Wildman–Crippen LogP) is 1.19. The number of hydrogen-bond acceptors (Lipinski definition) is 3. The number of nitrogens with one attached hydrogen (secondary N) is 1. The Bertz CT molecular complexity index is 637. The maximum absolute atomic E-state index is 11.8. The van der Waals surface area contributed by atoms with Gasteiger partial charge in [0, 0.05) is 17.7 Å². The lowest BCUT2D eigenvalue weighted by Crippen LogP contribution is -2.22. The number of nitrogens with zero attached hydrogens (tertiary/aromatic N) is 3. The van der Waals surface area contributed by atoms with Crippen LogP contribution < -0.4 is 5.56 Å². The Morgan fingerprint density at radius 3 is 2.75 bits per heavy atom. The molecule has 82 valence electrons. The molecule has 2 aromatic heterocycles. The van der Waals surface area contributed by atoms with Crippen LogP contribution in [0.3, 0.4) is 0 Å². The van der Waals surface area contributed by atoms with E-state index in [1.807, 2.05) is 26.8 Å². The summed E-state index contributed by atoms with van der Waals surface area (Å²) in [7, 11) is 0. The molecule has 0 bridgehead atoms. The number of nitriles is 1. The zero-order chi connectivity index (χ0) is 11.9. The van der Waals surface area contributed by atoms with E-state index in [-0.39, 0.29) is 11.0 Å². The summed E-state index contributed by atoms with van der Waals surface area (Å²) in [5, 5.41) is 11.6. The van der Waals surface area contributed by atoms with Crippen LogP contribution in [0.1, 0.15) is 32.0 Å². The van der Waals surface area contributed by atoms with Crippen molar-refractivity contribution in [2.24, 2.45) is 0 Å². The van der Waals surface area contributed by atoms with Gasteiger partial charge in [-0.2, -0.15) is 5.26 Å². The normalized spacial score (nSPS) is 11.6. The van der Waals surface area contributed by atoms with E-state index in [0.717, 1.165) is 0 Å². The lowest BCUT2D eigenvalue weighted by atomic mass is 9.92. The van der Waals surface area contributed by atoms with Crippen LogP contribution in [0.5, 0.6) is 0 Å². The summed E-state index contributed by atoms with van der Waals surface area (Å²) < 4.78 is 1.27. The second-order valence-corrected chi connectivity index (χ2v) is 4.69. The highest BCUT2D eigenvalue weighted by Gasteiger charge is 2.18. The summed E-state index contributed by atoms with van der Waals surface area (Å²) in [6, 6.07) is 3.49. The zero-order valence-corrected chi connectivity index (χ0v) is 9.40. The molecule has 0 aliphatic carbocycles. The topological polar surface area (TPSA) is 73.9 Å². The molecule has 0 aliphatic rings. The number of rotatable bonds is 0. The molecule has 2 rings (SSSR count). The first-order chi connectivity index (χ1) is 7.43. The van der Waals surface area contributed by atoms with E-state index in [9.17, 15) is 4.79 Å². The lowest BCUT2D eigenvalue weighted by Gasteiger charge is -2.16. The second kappa shape index (κ2) is 3.20. The minimum atomic E-state index is -0.210. The molecule has 5 nitrogen and oxygen atoms in total. The summed E-state index contributed by atoms with van der Waals surface area (Å²) in [6.45, 7) is 5.93. The Labute approximate surface area is 92.3 Å². The van der Waals surface area contributed by atoms with Crippen molar-refractivity contribution < 1.29 is 0 Å². The molecule has 16 heavy (non-hydrogen) atoms. The van der Waals surface area contributed by atoms with Gasteiger partial charge in [-0.15, -0.1) is 0 Å². The van der Waals surface area contributed by atoms with Gasteiger partial charge in [0.2, 0.25) is 0 Å². The maximum atomic E-state index is 11.8. The number of fused-ring (bicyclic) bond motifs is 1. The van der Waals surface area contributed by atoms with Crippen molar-refractivity contribution in [3.63, 3.8) is 0 Å². The van der Waals surface area contributed by atoms with Gasteiger partial charge in [0.1, 0.15) is 11.6 Å². The van der Waals surface area contributed by atoms with Crippen LogP contribution in [-0.4, -0.2) is 14.6 Å². The third kappa shape index (κ3) is 1.48. The van der Waals surface area contributed by atoms with E-state index in [0.29, 0.717) is 16.9 Å². The molecule has 0 saturated heterocycles. The standard InChI is InChI=1S/C11H12N4O/c1-11(2,3)8-4-9(16)15-10(14-8)7(5-12)6-13-15/h4,6,13H,1-3H3. The van der Waals surface area contributed by atoms with E-state index in [4.69, 9.17) is 5.26 Å². The van der Waals surface area contributed by atoms with Gasteiger partial charge in [0.25, 0.3) is 5.56 Å². The molecule has 0 spiro atoms. The van der Waals surface area contributed by atoms with Crippen molar-refractivity contribution in [3.8, 4) is 6.07 Å². The van der Waals surface area contributed by atoms with Gasteiger partial charge in [0.15, 0.2) is 5.65 Å². The molecule has 0 aliphatic heterocycles. The third-order valence-electron chi connectivity index (χ3n) is 2.39. The first kappa shape index (κ1) is 10.4. The molecule has 1 N–H and O–H groups in total. The van der Waals surface area contributed by atoms with Gasteiger partial charge in [-0.05, 0) is 0 Å². The molecule has 0 amide bonds. The smallest absolute Gasteiger partial charge is 0.272 e. The number of aromatic nitrogens is 3. The average molecular weight is 216 g/mol. The largest absolute Gasteiger partial charge is 0.295 e.